The highest BCUT2D eigenvalue weighted by Gasteiger charge is 2.17. The molecule has 212 valence electrons. The van der Waals surface area contributed by atoms with Crippen molar-refractivity contribution < 1.29 is 24.2 Å². The van der Waals surface area contributed by atoms with Crippen molar-refractivity contribution in [2.75, 3.05) is 18.5 Å². The Morgan fingerprint density at radius 3 is 2.10 bits per heavy atom. The molecule has 0 saturated heterocycles. The number of nitrogens with one attached hydrogen (secondary N) is 1. The van der Waals surface area contributed by atoms with Gasteiger partial charge in [-0.3, -0.25) is 9.69 Å². The third kappa shape index (κ3) is 8.43. The largest absolute Gasteiger partial charge is 0.508 e. The van der Waals surface area contributed by atoms with Crippen LogP contribution in [0.4, 0.5) is 5.69 Å². The molecule has 0 bridgehead atoms. The first-order chi connectivity index (χ1) is 19.8. The third-order valence-electron chi connectivity index (χ3n) is 6.65. The summed E-state index contributed by atoms with van der Waals surface area (Å²) in [4.78, 5) is 26.1. The van der Waals surface area contributed by atoms with Crippen molar-refractivity contribution >= 4 is 17.6 Å². The first-order valence-electron chi connectivity index (χ1n) is 13.7. The topological polar surface area (TPSA) is 88.1 Å². The summed E-state index contributed by atoms with van der Waals surface area (Å²) in [6.07, 6.45) is 0.891. The Morgan fingerprint density at radius 1 is 0.829 bits per heavy atom. The molecule has 0 fully saturated rings. The lowest BCUT2D eigenvalue weighted by Crippen LogP contribution is -2.25. The van der Waals surface area contributed by atoms with Crippen LogP contribution in [0.15, 0.2) is 91.0 Å². The SMILES string of the molecule is CCOC(=O)C(=O)Nc1cc(C)c(Oc2ccc(O)c(CN(CCc3ccccc3)Cc3ccccc3)c2)c(C)c1. The molecule has 4 aromatic rings. The maximum atomic E-state index is 12.1. The zero-order valence-corrected chi connectivity index (χ0v) is 23.7. The van der Waals surface area contributed by atoms with Crippen molar-refractivity contribution in [2.24, 2.45) is 0 Å². The minimum absolute atomic E-state index is 0.128. The zero-order valence-electron chi connectivity index (χ0n) is 23.7. The molecule has 0 heterocycles. The second-order valence-corrected chi connectivity index (χ2v) is 9.94. The zero-order chi connectivity index (χ0) is 29.2. The van der Waals surface area contributed by atoms with E-state index in [1.807, 2.05) is 56.3 Å². The molecule has 41 heavy (non-hydrogen) atoms. The minimum Gasteiger partial charge on any atom is -0.508 e. The Labute approximate surface area is 241 Å². The average molecular weight is 553 g/mol. The van der Waals surface area contributed by atoms with Crippen molar-refractivity contribution in [3.8, 4) is 17.2 Å². The molecule has 0 aliphatic heterocycles. The smallest absolute Gasteiger partial charge is 0.397 e. The molecular formula is C34H36N2O5. The van der Waals surface area contributed by atoms with Crippen LogP contribution in [-0.2, 0) is 33.8 Å². The fraction of sp³-hybridized carbons (Fsp3) is 0.235. The van der Waals surface area contributed by atoms with E-state index in [1.54, 1.807) is 31.2 Å². The molecule has 4 rings (SSSR count). The van der Waals surface area contributed by atoms with Crippen LogP contribution in [0.25, 0.3) is 0 Å². The fourth-order valence-corrected chi connectivity index (χ4v) is 4.66. The van der Waals surface area contributed by atoms with E-state index in [9.17, 15) is 14.7 Å². The normalized spacial score (nSPS) is 10.8. The van der Waals surface area contributed by atoms with Gasteiger partial charge in [0, 0.05) is 30.9 Å². The molecule has 0 unspecified atom stereocenters. The maximum Gasteiger partial charge on any atom is 0.397 e. The second-order valence-electron chi connectivity index (χ2n) is 9.94. The van der Waals surface area contributed by atoms with Crippen LogP contribution in [0.1, 0.15) is 34.7 Å². The van der Waals surface area contributed by atoms with Crippen LogP contribution in [0.5, 0.6) is 17.2 Å². The molecule has 2 N–H and O–H groups in total. The summed E-state index contributed by atoms with van der Waals surface area (Å²) in [7, 11) is 0. The number of hydrogen-bond acceptors (Lipinski definition) is 6. The Kier molecular flexibility index (Phi) is 10.1. The van der Waals surface area contributed by atoms with Crippen LogP contribution in [0, 0.1) is 13.8 Å². The predicted molar refractivity (Wildman–Crippen MR) is 160 cm³/mol. The van der Waals surface area contributed by atoms with E-state index in [4.69, 9.17) is 9.47 Å². The number of hydrogen-bond donors (Lipinski definition) is 2. The summed E-state index contributed by atoms with van der Waals surface area (Å²) in [5.74, 6) is -0.309. The van der Waals surface area contributed by atoms with E-state index in [1.165, 1.54) is 11.1 Å². The van der Waals surface area contributed by atoms with Crippen LogP contribution >= 0.6 is 0 Å². The molecule has 1 amide bonds. The van der Waals surface area contributed by atoms with Gasteiger partial charge in [0.25, 0.3) is 0 Å². The third-order valence-corrected chi connectivity index (χ3v) is 6.65. The highest BCUT2D eigenvalue weighted by atomic mass is 16.5. The number of aromatic hydroxyl groups is 1. The molecule has 0 radical (unpaired) electrons. The van der Waals surface area contributed by atoms with Crippen LogP contribution in [0.2, 0.25) is 0 Å². The minimum atomic E-state index is -0.926. The molecule has 0 aromatic heterocycles. The van der Waals surface area contributed by atoms with Crippen molar-refractivity contribution in [1.29, 1.82) is 0 Å². The van der Waals surface area contributed by atoms with E-state index in [0.29, 0.717) is 23.7 Å². The van der Waals surface area contributed by atoms with Gasteiger partial charge in [0.1, 0.15) is 17.2 Å². The van der Waals surface area contributed by atoms with Crippen LogP contribution in [-0.4, -0.2) is 35.0 Å². The lowest BCUT2D eigenvalue weighted by atomic mass is 10.1. The lowest BCUT2D eigenvalue weighted by molar-refractivity contribution is -0.152. The number of benzene rings is 4. The summed E-state index contributed by atoms with van der Waals surface area (Å²) in [5, 5.41) is 13.3. The summed E-state index contributed by atoms with van der Waals surface area (Å²) in [6, 6.07) is 29.4. The van der Waals surface area contributed by atoms with E-state index >= 15 is 0 Å². The number of rotatable bonds is 11. The number of ether oxygens (including phenoxy) is 2. The van der Waals surface area contributed by atoms with Gasteiger partial charge < -0.3 is 19.9 Å². The quantitative estimate of drug-likeness (QED) is 0.162. The number of nitrogens with zero attached hydrogens (tertiary/aromatic N) is 1. The molecule has 0 atom stereocenters. The van der Waals surface area contributed by atoms with Gasteiger partial charge in [0.2, 0.25) is 0 Å². The van der Waals surface area contributed by atoms with Crippen molar-refractivity contribution in [1.82, 2.24) is 4.90 Å². The molecule has 0 spiro atoms. The van der Waals surface area contributed by atoms with Crippen LogP contribution < -0.4 is 10.1 Å². The van der Waals surface area contributed by atoms with E-state index in [-0.39, 0.29) is 12.4 Å². The monoisotopic (exact) mass is 552 g/mol. The number of phenolic OH excluding ortho intramolecular Hbond substituents is 1. The summed E-state index contributed by atoms with van der Waals surface area (Å²) in [6.45, 7) is 7.62. The molecule has 0 aliphatic carbocycles. The van der Waals surface area contributed by atoms with Crippen molar-refractivity contribution in [2.45, 2.75) is 40.3 Å². The second kappa shape index (κ2) is 14.1. The number of anilines is 1. The molecule has 0 aliphatic rings. The molecule has 4 aromatic carbocycles. The Hall–Kier alpha value is -4.62. The molecule has 7 nitrogen and oxygen atoms in total. The number of phenols is 1. The average Bonchev–Trinajstić information content (AvgIpc) is 2.96. The van der Waals surface area contributed by atoms with Crippen molar-refractivity contribution in [3.05, 3.63) is 119 Å². The van der Waals surface area contributed by atoms with Crippen LogP contribution in [0.3, 0.4) is 0 Å². The van der Waals surface area contributed by atoms with Gasteiger partial charge in [0.15, 0.2) is 0 Å². The Bertz CT molecular complexity index is 1450. The number of carbonyl (C=O) groups excluding carboxylic acids is 2. The maximum absolute atomic E-state index is 12.1. The van der Waals surface area contributed by atoms with Gasteiger partial charge in [-0.1, -0.05) is 60.7 Å². The Morgan fingerprint density at radius 2 is 1.46 bits per heavy atom. The first-order valence-corrected chi connectivity index (χ1v) is 13.7. The van der Waals surface area contributed by atoms with Gasteiger partial charge in [-0.15, -0.1) is 0 Å². The number of aryl methyl sites for hydroxylation is 2. The van der Waals surface area contributed by atoms with E-state index in [0.717, 1.165) is 36.2 Å². The first kappa shape index (κ1) is 29.4. The molecular weight excluding hydrogens is 516 g/mol. The molecule has 0 saturated carbocycles. The van der Waals surface area contributed by atoms with Gasteiger partial charge in [-0.05, 0) is 79.8 Å². The van der Waals surface area contributed by atoms with Gasteiger partial charge in [-0.25, -0.2) is 4.79 Å². The van der Waals surface area contributed by atoms with E-state index in [2.05, 4.69) is 34.5 Å². The predicted octanol–water partition coefficient (Wildman–Crippen LogP) is 6.55. The highest BCUT2D eigenvalue weighted by molar-refractivity contribution is 6.37. The number of esters is 1. The number of carbonyl (C=O) groups is 2. The fourth-order valence-electron chi connectivity index (χ4n) is 4.66. The van der Waals surface area contributed by atoms with E-state index < -0.39 is 11.9 Å². The standard InChI is InChI=1S/C34H36N2O5/c1-4-40-34(39)33(38)35-29-19-24(2)32(25(3)20-29)41-30-15-16-31(37)28(21-30)23-36(22-27-13-9-6-10-14-27)18-17-26-11-7-5-8-12-26/h5-16,19-21,37H,4,17-18,22-23H2,1-3H3,(H,35,38). The van der Waals surface area contributed by atoms with Gasteiger partial charge in [0.05, 0.1) is 6.61 Å². The Balaban J connectivity index is 1.51. The lowest BCUT2D eigenvalue weighted by Gasteiger charge is -2.24. The van der Waals surface area contributed by atoms with Gasteiger partial charge >= 0.3 is 11.9 Å². The highest BCUT2D eigenvalue weighted by Crippen LogP contribution is 2.34. The van der Waals surface area contributed by atoms with Gasteiger partial charge in [-0.2, -0.15) is 0 Å². The summed E-state index contributed by atoms with van der Waals surface area (Å²) >= 11 is 0. The number of amides is 1. The molecule has 7 heteroatoms. The summed E-state index contributed by atoms with van der Waals surface area (Å²) in [5.41, 5.74) is 5.28. The summed E-state index contributed by atoms with van der Waals surface area (Å²) < 4.78 is 11.0. The van der Waals surface area contributed by atoms with Crippen molar-refractivity contribution in [3.63, 3.8) is 0 Å².